The van der Waals surface area contributed by atoms with Gasteiger partial charge in [-0.15, -0.1) is 0 Å². The summed E-state index contributed by atoms with van der Waals surface area (Å²) < 4.78 is 0. The van der Waals surface area contributed by atoms with Gasteiger partial charge in [0.1, 0.15) is 0 Å². The van der Waals surface area contributed by atoms with Gasteiger partial charge in [-0.05, 0) is 31.2 Å². The number of amides is 1. The minimum atomic E-state index is -0.545. The van der Waals surface area contributed by atoms with Crippen molar-refractivity contribution in [2.24, 2.45) is 5.92 Å². The second-order valence-electron chi connectivity index (χ2n) is 6.74. The van der Waals surface area contributed by atoms with Gasteiger partial charge in [-0.25, -0.2) is 0 Å². The van der Waals surface area contributed by atoms with Crippen molar-refractivity contribution in [2.45, 2.75) is 32.3 Å². The Bertz CT molecular complexity index is 643. The zero-order valence-electron chi connectivity index (χ0n) is 13.9. The van der Waals surface area contributed by atoms with Crippen molar-refractivity contribution in [1.82, 2.24) is 4.90 Å². The fraction of sp³-hybridized carbons (Fsp3) is 0.588. The molecule has 0 saturated carbocycles. The monoisotopic (exact) mass is 333 g/mol. The van der Waals surface area contributed by atoms with Crippen LogP contribution >= 0.6 is 0 Å². The summed E-state index contributed by atoms with van der Waals surface area (Å²) in [6.07, 6.45) is 2.31. The third-order valence-corrected chi connectivity index (χ3v) is 5.07. The van der Waals surface area contributed by atoms with Crippen LogP contribution in [-0.4, -0.2) is 53.1 Å². The highest BCUT2D eigenvalue weighted by Gasteiger charge is 2.31. The summed E-state index contributed by atoms with van der Waals surface area (Å²) >= 11 is 0. The predicted molar refractivity (Wildman–Crippen MR) is 90.2 cm³/mol. The minimum absolute atomic E-state index is 0.0766. The molecule has 2 aliphatic heterocycles. The molecule has 0 spiro atoms. The number of non-ortho nitro benzene ring substituents is 1. The van der Waals surface area contributed by atoms with Crippen molar-refractivity contribution in [2.75, 3.05) is 31.1 Å². The van der Waals surface area contributed by atoms with Gasteiger partial charge in [-0.2, -0.15) is 0 Å². The van der Waals surface area contributed by atoms with E-state index in [-0.39, 0.29) is 24.1 Å². The SMILES string of the molecule is CC1CCN(C(=O)c2cc([N+](=O)[O-])ccc2N2CCCC2)CC1O. The third kappa shape index (κ3) is 3.21. The summed E-state index contributed by atoms with van der Waals surface area (Å²) in [5, 5.41) is 21.2. The first-order valence-corrected chi connectivity index (χ1v) is 8.48. The van der Waals surface area contributed by atoms with Crippen LogP contribution in [0, 0.1) is 16.0 Å². The molecule has 1 N–H and O–H groups in total. The molecule has 130 valence electrons. The smallest absolute Gasteiger partial charge is 0.270 e. The van der Waals surface area contributed by atoms with E-state index < -0.39 is 11.0 Å². The molecule has 1 amide bonds. The number of hydrogen-bond acceptors (Lipinski definition) is 5. The molecule has 2 saturated heterocycles. The number of nitro groups is 1. The van der Waals surface area contributed by atoms with E-state index >= 15 is 0 Å². The van der Waals surface area contributed by atoms with Gasteiger partial charge >= 0.3 is 0 Å². The fourth-order valence-electron chi connectivity index (χ4n) is 3.45. The summed E-state index contributed by atoms with van der Waals surface area (Å²) in [5.74, 6) is -0.0660. The average molecular weight is 333 g/mol. The van der Waals surface area contributed by atoms with E-state index in [0.29, 0.717) is 12.1 Å². The van der Waals surface area contributed by atoms with Gasteiger partial charge in [0.2, 0.25) is 0 Å². The van der Waals surface area contributed by atoms with Crippen LogP contribution in [0.5, 0.6) is 0 Å². The number of anilines is 1. The molecule has 7 nitrogen and oxygen atoms in total. The Morgan fingerprint density at radius 2 is 2.00 bits per heavy atom. The predicted octanol–water partition coefficient (Wildman–Crippen LogP) is 2.04. The van der Waals surface area contributed by atoms with Gasteiger partial charge < -0.3 is 14.9 Å². The second-order valence-corrected chi connectivity index (χ2v) is 6.74. The number of β-amino-alcohol motifs (C(OH)–C–C–N with tert-alkyl or cyclic N) is 1. The molecule has 2 aliphatic rings. The van der Waals surface area contributed by atoms with Gasteiger partial charge in [0, 0.05) is 38.3 Å². The Morgan fingerprint density at radius 3 is 2.62 bits per heavy atom. The Labute approximate surface area is 141 Å². The number of benzene rings is 1. The molecular weight excluding hydrogens is 310 g/mol. The summed E-state index contributed by atoms with van der Waals surface area (Å²) in [5.41, 5.74) is 1.05. The van der Waals surface area contributed by atoms with Gasteiger partial charge in [0.15, 0.2) is 0 Å². The molecule has 2 atom stereocenters. The molecule has 1 aromatic carbocycles. The lowest BCUT2D eigenvalue weighted by Gasteiger charge is -2.35. The Kier molecular flexibility index (Phi) is 4.71. The normalized spacial score (nSPS) is 24.2. The number of rotatable bonds is 3. The Morgan fingerprint density at radius 1 is 1.29 bits per heavy atom. The summed E-state index contributed by atoms with van der Waals surface area (Å²) in [6.45, 7) is 4.53. The lowest BCUT2D eigenvalue weighted by atomic mass is 9.95. The summed E-state index contributed by atoms with van der Waals surface area (Å²) in [6, 6.07) is 4.51. The van der Waals surface area contributed by atoms with Gasteiger partial charge in [0.25, 0.3) is 11.6 Å². The minimum Gasteiger partial charge on any atom is -0.391 e. The van der Waals surface area contributed by atoms with Crippen LogP contribution in [0.2, 0.25) is 0 Å². The quantitative estimate of drug-likeness (QED) is 0.675. The van der Waals surface area contributed by atoms with E-state index in [9.17, 15) is 20.0 Å². The second kappa shape index (κ2) is 6.76. The third-order valence-electron chi connectivity index (χ3n) is 5.07. The maximum atomic E-state index is 13.0. The Hall–Kier alpha value is -2.15. The van der Waals surface area contributed by atoms with Crippen LogP contribution < -0.4 is 4.90 Å². The first-order chi connectivity index (χ1) is 11.5. The molecule has 1 aromatic rings. The Balaban J connectivity index is 1.92. The molecule has 2 unspecified atom stereocenters. The summed E-state index contributed by atoms with van der Waals surface area (Å²) in [4.78, 5) is 27.3. The maximum Gasteiger partial charge on any atom is 0.270 e. The van der Waals surface area contributed by atoms with Crippen molar-refractivity contribution < 1.29 is 14.8 Å². The number of carbonyl (C=O) groups excluding carboxylic acids is 1. The van der Waals surface area contributed by atoms with Crippen molar-refractivity contribution in [3.05, 3.63) is 33.9 Å². The standard InChI is InChI=1S/C17H23N3O4/c1-12-6-9-19(11-16(12)21)17(22)14-10-13(20(23)24)4-5-15(14)18-7-2-3-8-18/h4-5,10,12,16,21H,2-3,6-9,11H2,1H3. The molecule has 7 heteroatoms. The average Bonchev–Trinajstić information content (AvgIpc) is 3.10. The zero-order chi connectivity index (χ0) is 17.3. The van der Waals surface area contributed by atoms with Crippen LogP contribution in [0.3, 0.4) is 0 Å². The van der Waals surface area contributed by atoms with E-state index in [1.165, 1.54) is 12.1 Å². The number of likely N-dealkylation sites (tertiary alicyclic amines) is 1. The highest BCUT2D eigenvalue weighted by atomic mass is 16.6. The molecular formula is C17H23N3O4. The van der Waals surface area contributed by atoms with Crippen molar-refractivity contribution >= 4 is 17.3 Å². The lowest BCUT2D eigenvalue weighted by Crippen LogP contribution is -2.46. The van der Waals surface area contributed by atoms with Crippen molar-refractivity contribution in [1.29, 1.82) is 0 Å². The first-order valence-electron chi connectivity index (χ1n) is 8.48. The van der Waals surface area contributed by atoms with Gasteiger partial charge in [-0.3, -0.25) is 14.9 Å². The van der Waals surface area contributed by atoms with E-state index in [2.05, 4.69) is 4.90 Å². The van der Waals surface area contributed by atoms with Crippen LogP contribution in [0.15, 0.2) is 18.2 Å². The number of aliphatic hydroxyl groups excluding tert-OH is 1. The maximum absolute atomic E-state index is 13.0. The zero-order valence-corrected chi connectivity index (χ0v) is 13.9. The van der Waals surface area contributed by atoms with Gasteiger partial charge in [0.05, 0.1) is 22.3 Å². The van der Waals surface area contributed by atoms with E-state index in [0.717, 1.165) is 38.0 Å². The fourth-order valence-corrected chi connectivity index (χ4v) is 3.45. The number of nitrogens with zero attached hydrogens (tertiary/aromatic N) is 3. The number of piperidine rings is 1. The van der Waals surface area contributed by atoms with Crippen LogP contribution in [0.25, 0.3) is 0 Å². The van der Waals surface area contributed by atoms with Gasteiger partial charge in [-0.1, -0.05) is 6.92 Å². The molecule has 2 heterocycles. The number of nitro benzene ring substituents is 1. The molecule has 3 rings (SSSR count). The first kappa shape index (κ1) is 16.7. The molecule has 0 aromatic heterocycles. The molecule has 2 fully saturated rings. The largest absolute Gasteiger partial charge is 0.391 e. The van der Waals surface area contributed by atoms with E-state index in [4.69, 9.17) is 0 Å². The molecule has 0 bridgehead atoms. The summed E-state index contributed by atoms with van der Waals surface area (Å²) in [7, 11) is 0. The number of hydrogen-bond donors (Lipinski definition) is 1. The van der Waals surface area contributed by atoms with Crippen LogP contribution in [-0.2, 0) is 0 Å². The van der Waals surface area contributed by atoms with Crippen LogP contribution in [0.1, 0.15) is 36.5 Å². The number of carbonyl (C=O) groups is 1. The molecule has 24 heavy (non-hydrogen) atoms. The van der Waals surface area contributed by atoms with Crippen molar-refractivity contribution in [3.63, 3.8) is 0 Å². The van der Waals surface area contributed by atoms with E-state index in [1.54, 1.807) is 11.0 Å². The van der Waals surface area contributed by atoms with Crippen LogP contribution in [0.4, 0.5) is 11.4 Å². The van der Waals surface area contributed by atoms with Crippen molar-refractivity contribution in [3.8, 4) is 0 Å². The molecule has 0 aliphatic carbocycles. The van der Waals surface area contributed by atoms with E-state index in [1.807, 2.05) is 6.92 Å². The number of aliphatic hydroxyl groups is 1. The lowest BCUT2D eigenvalue weighted by molar-refractivity contribution is -0.384. The topological polar surface area (TPSA) is 86.9 Å². The highest BCUT2D eigenvalue weighted by molar-refractivity contribution is 6.00. The highest BCUT2D eigenvalue weighted by Crippen LogP contribution is 2.30. The molecule has 0 radical (unpaired) electrons.